The average Bonchev–Trinajstić information content (AvgIpc) is 3.23. The quantitative estimate of drug-likeness (QED) is 0.481. The number of nitrogens with zero attached hydrogens (tertiary/aromatic N) is 3. The number of halogens is 1. The molecule has 1 aromatic heterocycles. The molecule has 1 unspecified atom stereocenters. The fourth-order valence-corrected chi connectivity index (χ4v) is 4.02. The average molecular weight is 462 g/mol. The molecule has 0 N–H and O–H groups in total. The Morgan fingerprint density at radius 2 is 2.12 bits per heavy atom. The van der Waals surface area contributed by atoms with Crippen molar-refractivity contribution in [3.05, 3.63) is 59.2 Å². The summed E-state index contributed by atoms with van der Waals surface area (Å²) in [6.45, 7) is 3.56. The van der Waals surface area contributed by atoms with Crippen LogP contribution >= 0.6 is 12.6 Å². The number of carbonyl (C=O) groups is 2. The van der Waals surface area contributed by atoms with Crippen LogP contribution in [0.3, 0.4) is 0 Å². The Morgan fingerprint density at radius 3 is 2.84 bits per heavy atom. The van der Waals surface area contributed by atoms with Gasteiger partial charge in [0.25, 0.3) is 0 Å². The normalized spacial score (nSPS) is 19.0. The summed E-state index contributed by atoms with van der Waals surface area (Å²) in [5.41, 5.74) is 1.99. The lowest BCUT2D eigenvalue weighted by molar-refractivity contribution is -0.147. The lowest BCUT2D eigenvalue weighted by Gasteiger charge is -2.36. The minimum Gasteiger partial charge on any atom is -0.468 e. The van der Waals surface area contributed by atoms with E-state index in [4.69, 9.17) is 22.1 Å². The van der Waals surface area contributed by atoms with E-state index in [1.807, 2.05) is 17.0 Å². The van der Waals surface area contributed by atoms with Gasteiger partial charge >= 0.3 is 11.9 Å². The minimum absolute atomic E-state index is 0.00477. The molecule has 1 saturated heterocycles. The second-order valence-electron chi connectivity index (χ2n) is 7.50. The van der Waals surface area contributed by atoms with Gasteiger partial charge in [-0.3, -0.25) is 14.4 Å². The SMILES string of the molecule is CCOC(=O)CCn1ccc(C=C2CN([C@@H](C(=O)OC)c3ccccc3F)CCC2S)n1. The number of esters is 2. The molecule has 0 aliphatic carbocycles. The van der Waals surface area contributed by atoms with E-state index < -0.39 is 17.8 Å². The van der Waals surface area contributed by atoms with Crippen LogP contribution in [0.5, 0.6) is 0 Å². The van der Waals surface area contributed by atoms with Crippen LogP contribution in [0.25, 0.3) is 6.08 Å². The van der Waals surface area contributed by atoms with Gasteiger partial charge in [0, 0.05) is 30.1 Å². The van der Waals surface area contributed by atoms with Gasteiger partial charge in [-0.2, -0.15) is 17.7 Å². The Balaban J connectivity index is 1.77. The number of ether oxygens (including phenoxy) is 2. The lowest BCUT2D eigenvalue weighted by Crippen LogP contribution is -2.42. The van der Waals surface area contributed by atoms with Crippen LogP contribution < -0.4 is 0 Å². The summed E-state index contributed by atoms with van der Waals surface area (Å²) in [6, 6.07) is 7.27. The van der Waals surface area contributed by atoms with Gasteiger partial charge in [-0.25, -0.2) is 9.18 Å². The van der Waals surface area contributed by atoms with Crippen LogP contribution in [0.15, 0.2) is 42.1 Å². The third-order valence-electron chi connectivity index (χ3n) is 5.34. The molecule has 0 amide bonds. The molecule has 1 aromatic carbocycles. The molecule has 172 valence electrons. The fourth-order valence-electron chi connectivity index (χ4n) is 3.74. The van der Waals surface area contributed by atoms with Crippen molar-refractivity contribution < 1.29 is 23.5 Å². The monoisotopic (exact) mass is 461 g/mol. The third-order valence-corrected chi connectivity index (χ3v) is 5.93. The van der Waals surface area contributed by atoms with Crippen molar-refractivity contribution in [2.24, 2.45) is 0 Å². The summed E-state index contributed by atoms with van der Waals surface area (Å²) in [5.74, 6) is -1.21. The molecule has 2 aromatic rings. The van der Waals surface area contributed by atoms with E-state index in [1.54, 1.807) is 36.0 Å². The number of benzene rings is 1. The predicted molar refractivity (Wildman–Crippen MR) is 122 cm³/mol. The highest BCUT2D eigenvalue weighted by Crippen LogP contribution is 2.31. The van der Waals surface area contributed by atoms with Gasteiger partial charge in [0.2, 0.25) is 0 Å². The first kappa shape index (κ1) is 24.0. The molecule has 2 atom stereocenters. The molecule has 9 heteroatoms. The van der Waals surface area contributed by atoms with E-state index in [9.17, 15) is 14.0 Å². The van der Waals surface area contributed by atoms with Crippen molar-refractivity contribution in [3.8, 4) is 0 Å². The minimum atomic E-state index is -0.840. The van der Waals surface area contributed by atoms with Crippen molar-refractivity contribution in [3.63, 3.8) is 0 Å². The standard InChI is InChI=1S/C23H28FN3O4S/c1-3-31-21(28)10-13-27-12-8-17(25-27)14-16-15-26(11-9-20(16)32)22(23(29)30-2)18-6-4-5-7-19(18)24/h4-8,12,14,20,22,32H,3,9-11,13,15H2,1-2H3/t20?,22-/m1/s1. The molecular formula is C23H28FN3O4S. The molecule has 0 spiro atoms. The second-order valence-corrected chi connectivity index (χ2v) is 8.12. The zero-order chi connectivity index (χ0) is 23.1. The van der Waals surface area contributed by atoms with Crippen LogP contribution in [0.4, 0.5) is 4.39 Å². The van der Waals surface area contributed by atoms with E-state index >= 15 is 0 Å². The van der Waals surface area contributed by atoms with Gasteiger partial charge in [0.05, 0.1) is 32.4 Å². The van der Waals surface area contributed by atoms with Gasteiger partial charge in [-0.1, -0.05) is 18.2 Å². The summed E-state index contributed by atoms with van der Waals surface area (Å²) >= 11 is 4.70. The number of aromatic nitrogens is 2. The maximum absolute atomic E-state index is 14.5. The van der Waals surface area contributed by atoms with Gasteiger partial charge in [0.15, 0.2) is 0 Å². The molecule has 0 radical (unpaired) electrons. The first-order chi connectivity index (χ1) is 15.4. The summed E-state index contributed by atoms with van der Waals surface area (Å²) in [7, 11) is 1.31. The van der Waals surface area contributed by atoms with E-state index in [1.165, 1.54) is 13.2 Å². The summed E-state index contributed by atoms with van der Waals surface area (Å²) in [6.07, 6.45) is 4.68. The van der Waals surface area contributed by atoms with E-state index in [0.717, 1.165) is 11.3 Å². The maximum atomic E-state index is 14.5. The van der Waals surface area contributed by atoms with Crippen LogP contribution in [0, 0.1) is 5.82 Å². The molecule has 2 heterocycles. The van der Waals surface area contributed by atoms with Gasteiger partial charge in [-0.15, -0.1) is 0 Å². The lowest BCUT2D eigenvalue weighted by atomic mass is 9.97. The Labute approximate surface area is 192 Å². The molecule has 1 aliphatic rings. The van der Waals surface area contributed by atoms with Crippen LogP contribution in [-0.2, 0) is 25.6 Å². The molecule has 3 rings (SSSR count). The number of likely N-dealkylation sites (tertiary alicyclic amines) is 1. The second kappa shape index (κ2) is 11.3. The number of methoxy groups -OCH3 is 1. The summed E-state index contributed by atoms with van der Waals surface area (Å²) in [5, 5.41) is 4.49. The number of piperidine rings is 1. The zero-order valence-corrected chi connectivity index (χ0v) is 19.1. The first-order valence-corrected chi connectivity index (χ1v) is 11.1. The van der Waals surface area contributed by atoms with Crippen molar-refractivity contribution in [2.75, 3.05) is 26.8 Å². The van der Waals surface area contributed by atoms with E-state index in [0.29, 0.717) is 38.2 Å². The Hall–Kier alpha value is -2.65. The van der Waals surface area contributed by atoms with Crippen LogP contribution in [0.2, 0.25) is 0 Å². The summed E-state index contributed by atoms with van der Waals surface area (Å²) < 4.78 is 26.1. The van der Waals surface area contributed by atoms with Crippen molar-refractivity contribution in [1.29, 1.82) is 0 Å². The third kappa shape index (κ3) is 5.98. The smallest absolute Gasteiger partial charge is 0.327 e. The number of rotatable bonds is 8. The van der Waals surface area contributed by atoms with E-state index in [-0.39, 0.29) is 17.6 Å². The van der Waals surface area contributed by atoms with Gasteiger partial charge in [-0.05, 0) is 37.1 Å². The van der Waals surface area contributed by atoms with Crippen LogP contribution in [0.1, 0.15) is 37.1 Å². The zero-order valence-electron chi connectivity index (χ0n) is 18.2. The highest BCUT2D eigenvalue weighted by Gasteiger charge is 2.34. The number of thiol groups is 1. The van der Waals surface area contributed by atoms with Crippen molar-refractivity contribution >= 4 is 30.6 Å². The molecule has 1 aliphatic heterocycles. The largest absolute Gasteiger partial charge is 0.468 e. The number of aryl methyl sites for hydroxylation is 1. The van der Waals surface area contributed by atoms with Crippen molar-refractivity contribution in [1.82, 2.24) is 14.7 Å². The van der Waals surface area contributed by atoms with Gasteiger partial charge in [0.1, 0.15) is 11.9 Å². The summed E-state index contributed by atoms with van der Waals surface area (Å²) in [4.78, 5) is 26.0. The fraction of sp³-hybridized carbons (Fsp3) is 0.435. The molecule has 7 nitrogen and oxygen atoms in total. The highest BCUT2D eigenvalue weighted by molar-refractivity contribution is 7.81. The molecule has 1 fully saturated rings. The molecule has 32 heavy (non-hydrogen) atoms. The Kier molecular flexibility index (Phi) is 8.46. The van der Waals surface area contributed by atoms with Crippen molar-refractivity contribution in [2.45, 2.75) is 37.6 Å². The Bertz CT molecular complexity index is 978. The highest BCUT2D eigenvalue weighted by atomic mass is 32.1. The molecule has 0 bridgehead atoms. The number of carbonyl (C=O) groups excluding carboxylic acids is 2. The predicted octanol–water partition coefficient (Wildman–Crippen LogP) is 3.28. The number of hydrogen-bond acceptors (Lipinski definition) is 7. The number of hydrogen-bond donors (Lipinski definition) is 1. The maximum Gasteiger partial charge on any atom is 0.327 e. The topological polar surface area (TPSA) is 73.7 Å². The van der Waals surface area contributed by atoms with Crippen LogP contribution in [-0.4, -0.2) is 58.7 Å². The molecular weight excluding hydrogens is 433 g/mol. The molecule has 0 saturated carbocycles. The first-order valence-electron chi connectivity index (χ1n) is 10.6. The Morgan fingerprint density at radius 1 is 1.34 bits per heavy atom. The van der Waals surface area contributed by atoms with E-state index in [2.05, 4.69) is 5.10 Å². The van der Waals surface area contributed by atoms with Gasteiger partial charge < -0.3 is 9.47 Å².